The molecular weight excluding hydrogens is 314 g/mol. The highest BCUT2D eigenvalue weighted by Gasteiger charge is 2.23. The van der Waals surface area contributed by atoms with Gasteiger partial charge in [0.2, 0.25) is 0 Å². The molecular formula is C16H26BrN3. The normalized spacial score (nSPS) is 21.1. The van der Waals surface area contributed by atoms with Crippen LogP contribution in [0.4, 0.5) is 5.69 Å². The van der Waals surface area contributed by atoms with Gasteiger partial charge < -0.3 is 15.1 Å². The van der Waals surface area contributed by atoms with Gasteiger partial charge in [-0.2, -0.15) is 0 Å². The molecule has 1 aromatic rings. The highest BCUT2D eigenvalue weighted by molar-refractivity contribution is 9.10. The number of nitrogens with one attached hydrogen (secondary N) is 1. The monoisotopic (exact) mass is 339 g/mol. The highest BCUT2D eigenvalue weighted by atomic mass is 79.9. The van der Waals surface area contributed by atoms with Crippen molar-refractivity contribution in [3.8, 4) is 0 Å². The third-order valence-electron chi connectivity index (χ3n) is 4.46. The van der Waals surface area contributed by atoms with Gasteiger partial charge in [0.1, 0.15) is 0 Å². The van der Waals surface area contributed by atoms with Crippen molar-refractivity contribution in [3.63, 3.8) is 0 Å². The summed E-state index contributed by atoms with van der Waals surface area (Å²) in [6.45, 7) is 4.54. The summed E-state index contributed by atoms with van der Waals surface area (Å²) in [6, 6.07) is 7.62. The second-order valence-electron chi connectivity index (χ2n) is 5.87. The smallest absolute Gasteiger partial charge is 0.0423 e. The van der Waals surface area contributed by atoms with Crippen molar-refractivity contribution in [1.82, 2.24) is 10.2 Å². The quantitative estimate of drug-likeness (QED) is 0.888. The number of nitrogens with zero attached hydrogens (tertiary/aromatic N) is 2. The zero-order valence-electron chi connectivity index (χ0n) is 13.0. The van der Waals surface area contributed by atoms with Crippen LogP contribution in [0.15, 0.2) is 22.7 Å². The topological polar surface area (TPSA) is 18.5 Å². The van der Waals surface area contributed by atoms with E-state index < -0.39 is 0 Å². The molecule has 0 amide bonds. The first-order chi connectivity index (χ1) is 9.52. The Bertz CT molecular complexity index is 449. The molecule has 4 heteroatoms. The van der Waals surface area contributed by atoms with Crippen LogP contribution in [-0.2, 0) is 0 Å². The maximum Gasteiger partial charge on any atom is 0.0423 e. The minimum absolute atomic E-state index is 0.363. The van der Waals surface area contributed by atoms with Crippen LogP contribution < -0.4 is 10.2 Å². The molecule has 20 heavy (non-hydrogen) atoms. The van der Waals surface area contributed by atoms with Crippen molar-refractivity contribution < 1.29 is 0 Å². The molecule has 1 aliphatic rings. The van der Waals surface area contributed by atoms with Gasteiger partial charge >= 0.3 is 0 Å². The van der Waals surface area contributed by atoms with Gasteiger partial charge in [-0.3, -0.25) is 0 Å². The summed E-state index contributed by atoms with van der Waals surface area (Å²) in [4.78, 5) is 4.88. The van der Waals surface area contributed by atoms with Gasteiger partial charge in [0.15, 0.2) is 0 Å². The zero-order chi connectivity index (χ0) is 14.7. The van der Waals surface area contributed by atoms with Gasteiger partial charge in [-0.1, -0.05) is 22.0 Å². The van der Waals surface area contributed by atoms with Crippen molar-refractivity contribution >= 4 is 21.6 Å². The summed E-state index contributed by atoms with van der Waals surface area (Å²) in [5, 5.41) is 3.35. The van der Waals surface area contributed by atoms with E-state index in [1.165, 1.54) is 30.6 Å². The largest absolute Gasteiger partial charge is 0.373 e. The average molecular weight is 340 g/mol. The molecule has 3 nitrogen and oxygen atoms in total. The Morgan fingerprint density at radius 3 is 2.85 bits per heavy atom. The molecule has 2 atom stereocenters. The van der Waals surface area contributed by atoms with Crippen molar-refractivity contribution in [2.45, 2.75) is 31.8 Å². The molecule has 1 aliphatic heterocycles. The Labute approximate surface area is 131 Å². The zero-order valence-corrected chi connectivity index (χ0v) is 14.6. The third kappa shape index (κ3) is 3.54. The molecule has 0 saturated carbocycles. The van der Waals surface area contributed by atoms with Crippen LogP contribution in [0, 0.1) is 0 Å². The average Bonchev–Trinajstić information content (AvgIpc) is 2.83. The van der Waals surface area contributed by atoms with E-state index in [2.05, 4.69) is 70.3 Å². The van der Waals surface area contributed by atoms with E-state index in [4.69, 9.17) is 0 Å². The van der Waals surface area contributed by atoms with E-state index in [-0.39, 0.29) is 0 Å². The van der Waals surface area contributed by atoms with Gasteiger partial charge in [-0.25, -0.2) is 0 Å². The molecule has 0 aliphatic carbocycles. The third-order valence-corrected chi connectivity index (χ3v) is 4.95. The van der Waals surface area contributed by atoms with Crippen molar-refractivity contribution in [3.05, 3.63) is 28.2 Å². The first-order valence-electron chi connectivity index (χ1n) is 7.41. The van der Waals surface area contributed by atoms with Crippen LogP contribution in [0.3, 0.4) is 0 Å². The van der Waals surface area contributed by atoms with Crippen LogP contribution in [0.2, 0.25) is 0 Å². The Morgan fingerprint density at radius 1 is 1.50 bits per heavy atom. The molecule has 1 fully saturated rings. The first-order valence-corrected chi connectivity index (χ1v) is 8.20. The Kier molecular flexibility index (Phi) is 5.47. The van der Waals surface area contributed by atoms with E-state index in [0.717, 1.165) is 11.0 Å². The molecule has 0 bridgehead atoms. The molecule has 1 saturated heterocycles. The number of likely N-dealkylation sites (N-methyl/N-ethyl adjacent to an activating group) is 2. The van der Waals surface area contributed by atoms with E-state index in [9.17, 15) is 0 Å². The van der Waals surface area contributed by atoms with Crippen LogP contribution in [-0.4, -0.2) is 45.2 Å². The van der Waals surface area contributed by atoms with E-state index >= 15 is 0 Å². The molecule has 0 radical (unpaired) electrons. The summed E-state index contributed by atoms with van der Waals surface area (Å²) in [5.41, 5.74) is 2.68. The van der Waals surface area contributed by atoms with Gasteiger partial charge in [0, 0.05) is 35.8 Å². The van der Waals surface area contributed by atoms with Crippen molar-refractivity contribution in [2.75, 3.05) is 39.1 Å². The summed E-state index contributed by atoms with van der Waals surface area (Å²) in [6.07, 6.45) is 2.64. The number of halogens is 1. The number of hydrogen-bond acceptors (Lipinski definition) is 3. The minimum atomic E-state index is 0.363. The second-order valence-corrected chi connectivity index (χ2v) is 6.79. The lowest BCUT2D eigenvalue weighted by Gasteiger charge is -2.30. The van der Waals surface area contributed by atoms with Crippen LogP contribution in [0.5, 0.6) is 0 Å². The standard InChI is InChI=1S/C16H26BrN3/c1-12(18-2)15-8-7-13(17)10-16(15)20(4)11-14-6-5-9-19(14)3/h7-8,10,12,14,18H,5-6,9,11H2,1-4H3. The van der Waals surface area contributed by atoms with Crippen molar-refractivity contribution in [2.24, 2.45) is 0 Å². The Balaban J connectivity index is 2.19. The van der Waals surface area contributed by atoms with E-state index in [1.54, 1.807) is 0 Å². The Morgan fingerprint density at radius 2 is 2.25 bits per heavy atom. The van der Waals surface area contributed by atoms with Crippen LogP contribution in [0.1, 0.15) is 31.4 Å². The highest BCUT2D eigenvalue weighted by Crippen LogP contribution is 2.30. The van der Waals surface area contributed by atoms with Gasteiger partial charge in [-0.05, 0) is 58.1 Å². The fourth-order valence-electron chi connectivity index (χ4n) is 2.99. The van der Waals surface area contributed by atoms with Crippen LogP contribution >= 0.6 is 15.9 Å². The maximum absolute atomic E-state index is 3.60. The predicted molar refractivity (Wildman–Crippen MR) is 90.5 cm³/mol. The molecule has 0 spiro atoms. The van der Waals surface area contributed by atoms with Crippen molar-refractivity contribution in [1.29, 1.82) is 0 Å². The molecule has 2 unspecified atom stereocenters. The summed E-state index contributed by atoms with van der Waals surface area (Å²) in [7, 11) is 6.46. The molecule has 1 heterocycles. The fourth-order valence-corrected chi connectivity index (χ4v) is 3.34. The molecule has 2 rings (SSSR count). The summed E-state index contributed by atoms with van der Waals surface area (Å²) < 4.78 is 1.14. The SMILES string of the molecule is CNC(C)c1ccc(Br)cc1N(C)CC1CCCN1C. The molecule has 1 aromatic carbocycles. The minimum Gasteiger partial charge on any atom is -0.373 e. The maximum atomic E-state index is 3.60. The predicted octanol–water partition coefficient (Wildman–Crippen LogP) is 3.26. The number of benzene rings is 1. The molecule has 1 N–H and O–H groups in total. The lowest BCUT2D eigenvalue weighted by molar-refractivity contribution is 0.314. The Hall–Kier alpha value is -0.580. The molecule has 0 aromatic heterocycles. The summed E-state index contributed by atoms with van der Waals surface area (Å²) in [5.74, 6) is 0. The number of anilines is 1. The second kappa shape index (κ2) is 6.92. The lowest BCUT2D eigenvalue weighted by Crippen LogP contribution is -2.37. The lowest BCUT2D eigenvalue weighted by atomic mass is 10.0. The fraction of sp³-hybridized carbons (Fsp3) is 0.625. The van der Waals surface area contributed by atoms with Gasteiger partial charge in [-0.15, -0.1) is 0 Å². The first kappa shape index (κ1) is 15.8. The molecule has 112 valence electrons. The van der Waals surface area contributed by atoms with E-state index in [0.29, 0.717) is 12.1 Å². The van der Waals surface area contributed by atoms with Gasteiger partial charge in [0.05, 0.1) is 0 Å². The number of rotatable bonds is 5. The number of likely N-dealkylation sites (tertiary alicyclic amines) is 1. The van der Waals surface area contributed by atoms with Crippen LogP contribution in [0.25, 0.3) is 0 Å². The number of hydrogen-bond donors (Lipinski definition) is 1. The van der Waals surface area contributed by atoms with E-state index in [1.807, 2.05) is 7.05 Å². The van der Waals surface area contributed by atoms with Gasteiger partial charge in [0.25, 0.3) is 0 Å². The summed E-state index contributed by atoms with van der Waals surface area (Å²) >= 11 is 3.60.